The second kappa shape index (κ2) is 7.95. The maximum Gasteiger partial charge on any atom is 0.297 e. The fraction of sp³-hybridized carbons (Fsp3) is 0.261. The summed E-state index contributed by atoms with van der Waals surface area (Å²) in [5, 5.41) is 4.45. The molecule has 0 saturated heterocycles. The van der Waals surface area contributed by atoms with Crippen LogP contribution in [-0.4, -0.2) is 23.0 Å². The molecule has 0 N–H and O–H groups in total. The predicted octanol–water partition coefficient (Wildman–Crippen LogP) is 5.17. The van der Waals surface area contributed by atoms with Crippen LogP contribution in [0.4, 0.5) is 11.4 Å². The second-order valence-corrected chi connectivity index (χ2v) is 7.97. The van der Waals surface area contributed by atoms with Crippen LogP contribution in [0.3, 0.4) is 0 Å². The molecule has 7 heteroatoms. The third-order valence-electron chi connectivity index (χ3n) is 5.37. The number of fused-ring (bicyclic) bond motifs is 1. The molecule has 2 atom stereocenters. The van der Waals surface area contributed by atoms with Gasteiger partial charge >= 0.3 is 0 Å². The first-order valence-electron chi connectivity index (χ1n) is 9.78. The molecule has 1 aliphatic rings. The summed E-state index contributed by atoms with van der Waals surface area (Å²) in [6.45, 7) is 5.31. The van der Waals surface area contributed by atoms with Gasteiger partial charge in [0.15, 0.2) is 0 Å². The Morgan fingerprint density at radius 2 is 1.87 bits per heavy atom. The van der Waals surface area contributed by atoms with E-state index in [4.69, 9.17) is 16.1 Å². The average Bonchev–Trinajstić information content (AvgIpc) is 3.15. The highest BCUT2D eigenvalue weighted by molar-refractivity contribution is 6.30. The number of carbonyl (C=O) groups is 2. The van der Waals surface area contributed by atoms with E-state index in [1.165, 1.54) is 0 Å². The summed E-state index contributed by atoms with van der Waals surface area (Å²) >= 11 is 6.04. The predicted molar refractivity (Wildman–Crippen MR) is 116 cm³/mol. The first-order valence-corrected chi connectivity index (χ1v) is 10.2. The molecule has 0 saturated carbocycles. The van der Waals surface area contributed by atoms with Gasteiger partial charge in [-0.25, -0.2) is 0 Å². The molecule has 6 nitrogen and oxygen atoms in total. The van der Waals surface area contributed by atoms with Crippen molar-refractivity contribution >= 4 is 34.8 Å². The number of benzene rings is 2. The van der Waals surface area contributed by atoms with Crippen molar-refractivity contribution in [2.75, 3.05) is 9.80 Å². The lowest BCUT2D eigenvalue weighted by Gasteiger charge is -2.43. The summed E-state index contributed by atoms with van der Waals surface area (Å²) in [5.41, 5.74) is 3.09. The first-order chi connectivity index (χ1) is 14.4. The van der Waals surface area contributed by atoms with Gasteiger partial charge in [-0.2, -0.15) is 0 Å². The summed E-state index contributed by atoms with van der Waals surface area (Å²) in [5.74, 6) is -0.112. The molecule has 0 bridgehead atoms. The lowest BCUT2D eigenvalue weighted by atomic mass is 9.89. The molecule has 154 valence electrons. The summed E-state index contributed by atoms with van der Waals surface area (Å²) < 4.78 is 5.22. The molecule has 1 aromatic heterocycles. The quantitative estimate of drug-likeness (QED) is 0.582. The number of halogens is 1. The van der Waals surface area contributed by atoms with Crippen LogP contribution >= 0.6 is 11.6 Å². The lowest BCUT2D eigenvalue weighted by molar-refractivity contribution is -0.117. The average molecular weight is 424 g/mol. The summed E-state index contributed by atoms with van der Waals surface area (Å²) in [6, 6.07) is 16.2. The first kappa shape index (κ1) is 20.2. The van der Waals surface area contributed by atoms with E-state index < -0.39 is 0 Å². The minimum absolute atomic E-state index is 0.0741. The lowest BCUT2D eigenvalue weighted by Crippen LogP contribution is -2.47. The molecule has 0 spiro atoms. The highest BCUT2D eigenvalue weighted by Gasteiger charge is 2.38. The van der Waals surface area contributed by atoms with E-state index in [0.29, 0.717) is 17.1 Å². The highest BCUT2D eigenvalue weighted by atomic mass is 35.5. The number of para-hydroxylation sites is 1. The van der Waals surface area contributed by atoms with E-state index in [9.17, 15) is 9.59 Å². The molecule has 2 amide bonds. The van der Waals surface area contributed by atoms with Gasteiger partial charge in [-0.15, -0.1) is 0 Å². The molecule has 2 heterocycles. The van der Waals surface area contributed by atoms with Gasteiger partial charge in [0.05, 0.1) is 11.7 Å². The van der Waals surface area contributed by atoms with Crippen molar-refractivity contribution in [1.82, 2.24) is 5.16 Å². The van der Waals surface area contributed by atoms with Crippen LogP contribution in [0.5, 0.6) is 0 Å². The number of nitrogens with zero attached hydrogens (tertiary/aromatic N) is 3. The fourth-order valence-electron chi connectivity index (χ4n) is 4.10. The van der Waals surface area contributed by atoms with Crippen LogP contribution < -0.4 is 9.80 Å². The van der Waals surface area contributed by atoms with Gasteiger partial charge in [-0.3, -0.25) is 9.59 Å². The van der Waals surface area contributed by atoms with E-state index in [1.54, 1.807) is 41.8 Å². The zero-order valence-corrected chi connectivity index (χ0v) is 17.8. The SMILES string of the molecule is CC(=O)N(c1ccc(Cl)cc1)[C@H]1C[C@@H](C)N(C(=O)c2cc(C)no2)c2ccccc21. The van der Waals surface area contributed by atoms with E-state index >= 15 is 0 Å². The molecule has 0 fully saturated rings. The van der Waals surface area contributed by atoms with Crippen molar-refractivity contribution in [1.29, 1.82) is 0 Å². The van der Waals surface area contributed by atoms with Gasteiger partial charge < -0.3 is 14.3 Å². The Balaban J connectivity index is 1.78. The van der Waals surface area contributed by atoms with Crippen LogP contribution in [0.1, 0.15) is 48.1 Å². The zero-order chi connectivity index (χ0) is 21.4. The van der Waals surface area contributed by atoms with Gasteiger partial charge in [0, 0.05) is 35.4 Å². The minimum atomic E-state index is -0.241. The molecule has 1 aliphatic heterocycles. The van der Waals surface area contributed by atoms with Crippen molar-refractivity contribution in [3.05, 3.63) is 76.6 Å². The Bertz CT molecular complexity index is 1090. The standard InChI is InChI=1S/C23H22ClN3O3/c1-14-12-22(30-25-14)23(29)26-15(2)13-21(19-6-4-5-7-20(19)26)27(16(3)28)18-10-8-17(24)9-11-18/h4-12,15,21H,13H2,1-3H3/t15-,21+/m1/s1. The van der Waals surface area contributed by atoms with Gasteiger partial charge in [-0.05, 0) is 56.2 Å². The maximum atomic E-state index is 13.2. The van der Waals surface area contributed by atoms with Crippen LogP contribution in [0.25, 0.3) is 0 Å². The number of rotatable bonds is 3. The fourth-order valence-corrected chi connectivity index (χ4v) is 4.23. The normalized spacial score (nSPS) is 18.1. The molecular formula is C23H22ClN3O3. The monoisotopic (exact) mass is 423 g/mol. The largest absolute Gasteiger partial charge is 0.351 e. The van der Waals surface area contributed by atoms with Crippen molar-refractivity contribution in [2.45, 2.75) is 39.3 Å². The van der Waals surface area contributed by atoms with Crippen molar-refractivity contribution in [3.63, 3.8) is 0 Å². The number of anilines is 2. The summed E-state index contributed by atoms with van der Waals surface area (Å²) in [4.78, 5) is 29.4. The Kier molecular flexibility index (Phi) is 5.35. The number of amides is 2. The molecule has 0 radical (unpaired) electrons. The Morgan fingerprint density at radius 3 is 2.50 bits per heavy atom. The molecule has 2 aromatic carbocycles. The second-order valence-electron chi connectivity index (χ2n) is 7.53. The van der Waals surface area contributed by atoms with Gasteiger partial charge in [0.2, 0.25) is 11.7 Å². The van der Waals surface area contributed by atoms with Crippen LogP contribution in [0.2, 0.25) is 5.02 Å². The van der Waals surface area contributed by atoms with Gasteiger partial charge in [0.25, 0.3) is 5.91 Å². The number of carbonyl (C=O) groups excluding carboxylic acids is 2. The van der Waals surface area contributed by atoms with Gasteiger partial charge in [0.1, 0.15) is 0 Å². The Labute approximate surface area is 180 Å². The number of hydrogen-bond acceptors (Lipinski definition) is 4. The molecule has 3 aromatic rings. The molecule has 0 unspecified atom stereocenters. The number of hydrogen-bond donors (Lipinski definition) is 0. The smallest absolute Gasteiger partial charge is 0.297 e. The number of aryl methyl sites for hydroxylation is 1. The van der Waals surface area contributed by atoms with Crippen molar-refractivity contribution in [3.8, 4) is 0 Å². The Hall–Kier alpha value is -3.12. The molecule has 0 aliphatic carbocycles. The van der Waals surface area contributed by atoms with Crippen LogP contribution in [0, 0.1) is 6.92 Å². The Morgan fingerprint density at radius 1 is 1.17 bits per heavy atom. The molecule has 30 heavy (non-hydrogen) atoms. The minimum Gasteiger partial charge on any atom is -0.351 e. The van der Waals surface area contributed by atoms with E-state index in [1.807, 2.05) is 43.3 Å². The van der Waals surface area contributed by atoms with Crippen LogP contribution in [-0.2, 0) is 4.79 Å². The molecular weight excluding hydrogens is 402 g/mol. The summed E-state index contributed by atoms with van der Waals surface area (Å²) in [7, 11) is 0. The van der Waals surface area contributed by atoms with Gasteiger partial charge in [-0.1, -0.05) is 35.0 Å². The zero-order valence-electron chi connectivity index (χ0n) is 17.0. The van der Waals surface area contributed by atoms with E-state index in [0.717, 1.165) is 16.9 Å². The molecule has 4 rings (SSSR count). The van der Waals surface area contributed by atoms with Crippen LogP contribution in [0.15, 0.2) is 59.1 Å². The van der Waals surface area contributed by atoms with E-state index in [2.05, 4.69) is 5.16 Å². The highest BCUT2D eigenvalue weighted by Crippen LogP contribution is 2.42. The maximum absolute atomic E-state index is 13.2. The van der Waals surface area contributed by atoms with Crippen molar-refractivity contribution < 1.29 is 14.1 Å². The third kappa shape index (κ3) is 3.59. The van der Waals surface area contributed by atoms with Crippen molar-refractivity contribution in [2.24, 2.45) is 0 Å². The third-order valence-corrected chi connectivity index (χ3v) is 5.63. The number of aromatic nitrogens is 1. The van der Waals surface area contributed by atoms with E-state index in [-0.39, 0.29) is 29.7 Å². The topological polar surface area (TPSA) is 66.7 Å². The summed E-state index contributed by atoms with van der Waals surface area (Å²) in [6.07, 6.45) is 0.581.